The number of aryl methyl sites for hydroxylation is 1. The van der Waals surface area contributed by atoms with Crippen LogP contribution in [0.25, 0.3) is 0 Å². The van der Waals surface area contributed by atoms with Crippen LogP contribution in [0.2, 0.25) is 0 Å². The van der Waals surface area contributed by atoms with Crippen molar-refractivity contribution in [2.75, 3.05) is 27.2 Å². The molecule has 2 unspecified atom stereocenters. The molecule has 0 bridgehead atoms. The van der Waals surface area contributed by atoms with Crippen molar-refractivity contribution in [3.63, 3.8) is 0 Å². The number of rotatable bonds is 3. The van der Waals surface area contributed by atoms with Crippen molar-refractivity contribution in [2.24, 2.45) is 0 Å². The van der Waals surface area contributed by atoms with E-state index in [1.165, 1.54) is 0 Å². The Hall–Kier alpha value is -1.40. The molecule has 1 aromatic rings. The summed E-state index contributed by atoms with van der Waals surface area (Å²) in [6, 6.07) is 1.65. The molecule has 0 aromatic carbocycles. The largest absolute Gasteiger partial charge is 0.391 e. The lowest BCUT2D eigenvalue weighted by Gasteiger charge is -2.25. The van der Waals surface area contributed by atoms with E-state index < -0.39 is 6.10 Å². The SMILES string of the molecule is Cc1cc(C(=O)N2CC(O)CC2CN(C)C)no1. The number of amides is 1. The fourth-order valence-corrected chi connectivity index (χ4v) is 2.35. The van der Waals surface area contributed by atoms with Crippen LogP contribution in [0.5, 0.6) is 0 Å². The fraction of sp³-hybridized carbons (Fsp3) is 0.667. The third-order valence-electron chi connectivity index (χ3n) is 3.08. The van der Waals surface area contributed by atoms with Gasteiger partial charge in [-0.1, -0.05) is 5.16 Å². The Kier molecular flexibility index (Phi) is 3.68. The van der Waals surface area contributed by atoms with Gasteiger partial charge in [-0.2, -0.15) is 0 Å². The van der Waals surface area contributed by atoms with E-state index in [9.17, 15) is 9.90 Å². The quantitative estimate of drug-likeness (QED) is 0.828. The van der Waals surface area contributed by atoms with Crippen LogP contribution in [0.3, 0.4) is 0 Å². The van der Waals surface area contributed by atoms with Gasteiger partial charge >= 0.3 is 0 Å². The maximum absolute atomic E-state index is 12.3. The number of likely N-dealkylation sites (tertiary alicyclic amines) is 1. The molecule has 1 aromatic heterocycles. The predicted octanol–water partition coefficient (Wildman–Crippen LogP) is 0.120. The fourth-order valence-electron chi connectivity index (χ4n) is 2.35. The summed E-state index contributed by atoms with van der Waals surface area (Å²) >= 11 is 0. The number of β-amino-alcohol motifs (C(OH)–C–C–N with tert-alkyl or cyclic N) is 1. The number of aromatic nitrogens is 1. The standard InChI is InChI=1S/C12H19N3O3/c1-8-4-11(13-18-8)12(17)15-7-10(16)5-9(15)6-14(2)3/h4,9-10,16H,5-7H2,1-3H3. The smallest absolute Gasteiger partial charge is 0.276 e. The van der Waals surface area contributed by atoms with Gasteiger partial charge in [-0.05, 0) is 27.4 Å². The lowest BCUT2D eigenvalue weighted by molar-refractivity contribution is 0.0688. The Balaban J connectivity index is 2.12. The minimum atomic E-state index is -0.452. The molecule has 1 saturated heterocycles. The topological polar surface area (TPSA) is 69.8 Å². The third kappa shape index (κ3) is 2.70. The van der Waals surface area contributed by atoms with Crippen molar-refractivity contribution in [2.45, 2.75) is 25.5 Å². The molecule has 0 radical (unpaired) electrons. The second kappa shape index (κ2) is 5.07. The molecule has 0 saturated carbocycles. The third-order valence-corrected chi connectivity index (χ3v) is 3.08. The highest BCUT2D eigenvalue weighted by molar-refractivity contribution is 5.92. The predicted molar refractivity (Wildman–Crippen MR) is 65.2 cm³/mol. The number of carbonyl (C=O) groups excluding carboxylic acids is 1. The number of nitrogens with zero attached hydrogens (tertiary/aromatic N) is 3. The first-order valence-corrected chi connectivity index (χ1v) is 6.04. The highest BCUT2D eigenvalue weighted by Gasteiger charge is 2.35. The van der Waals surface area contributed by atoms with Crippen LogP contribution in [-0.4, -0.2) is 65.3 Å². The normalized spacial score (nSPS) is 23.9. The van der Waals surface area contributed by atoms with E-state index >= 15 is 0 Å². The van der Waals surface area contributed by atoms with Crippen LogP contribution in [0.15, 0.2) is 10.6 Å². The van der Waals surface area contributed by atoms with Gasteiger partial charge in [-0.25, -0.2) is 0 Å². The first kappa shape index (κ1) is 13.0. The molecule has 1 aliphatic heterocycles. The summed E-state index contributed by atoms with van der Waals surface area (Å²) in [7, 11) is 3.90. The average Bonchev–Trinajstić information content (AvgIpc) is 2.83. The number of likely N-dealkylation sites (N-methyl/N-ethyl adjacent to an activating group) is 1. The lowest BCUT2D eigenvalue weighted by atomic mass is 10.2. The molecule has 6 nitrogen and oxygen atoms in total. The Labute approximate surface area is 106 Å². The van der Waals surface area contributed by atoms with Crippen LogP contribution >= 0.6 is 0 Å². The number of hydrogen-bond acceptors (Lipinski definition) is 5. The van der Waals surface area contributed by atoms with Crippen molar-refractivity contribution in [1.29, 1.82) is 0 Å². The molecule has 2 heterocycles. The van der Waals surface area contributed by atoms with Gasteiger partial charge in [0.1, 0.15) is 5.76 Å². The van der Waals surface area contributed by atoms with Crippen molar-refractivity contribution < 1.29 is 14.4 Å². The van der Waals surface area contributed by atoms with Gasteiger partial charge in [0, 0.05) is 25.2 Å². The van der Waals surface area contributed by atoms with Crippen LogP contribution in [0, 0.1) is 6.92 Å². The molecule has 2 rings (SSSR count). The van der Waals surface area contributed by atoms with Gasteiger partial charge in [0.05, 0.1) is 6.10 Å². The van der Waals surface area contributed by atoms with E-state index in [1.807, 2.05) is 19.0 Å². The second-order valence-electron chi connectivity index (χ2n) is 5.09. The van der Waals surface area contributed by atoms with Crippen molar-refractivity contribution in [1.82, 2.24) is 15.0 Å². The van der Waals surface area contributed by atoms with E-state index in [4.69, 9.17) is 4.52 Å². The Morgan fingerprint density at radius 2 is 2.39 bits per heavy atom. The van der Waals surface area contributed by atoms with Crippen LogP contribution in [-0.2, 0) is 0 Å². The number of aliphatic hydroxyl groups excluding tert-OH is 1. The van der Waals surface area contributed by atoms with Crippen molar-refractivity contribution >= 4 is 5.91 Å². The van der Waals surface area contributed by atoms with E-state index in [-0.39, 0.29) is 11.9 Å². The van der Waals surface area contributed by atoms with Crippen LogP contribution in [0.1, 0.15) is 22.7 Å². The van der Waals surface area contributed by atoms with Gasteiger partial charge in [-0.15, -0.1) is 0 Å². The maximum Gasteiger partial charge on any atom is 0.276 e. The van der Waals surface area contributed by atoms with Crippen molar-refractivity contribution in [3.05, 3.63) is 17.5 Å². The van der Waals surface area contributed by atoms with E-state index in [0.717, 1.165) is 6.54 Å². The zero-order chi connectivity index (χ0) is 13.3. The minimum Gasteiger partial charge on any atom is -0.391 e. The molecule has 0 spiro atoms. The summed E-state index contributed by atoms with van der Waals surface area (Å²) < 4.78 is 4.92. The molecule has 1 N–H and O–H groups in total. The number of aliphatic hydroxyl groups is 1. The molecule has 1 aliphatic rings. The summed E-state index contributed by atoms with van der Waals surface area (Å²) in [5.74, 6) is 0.442. The van der Waals surface area contributed by atoms with Crippen LogP contribution in [0.4, 0.5) is 0 Å². The zero-order valence-corrected chi connectivity index (χ0v) is 11.0. The number of hydrogen-bond donors (Lipinski definition) is 1. The van der Waals surface area contributed by atoms with E-state index in [1.54, 1.807) is 17.9 Å². The van der Waals surface area contributed by atoms with Gasteiger partial charge in [0.2, 0.25) is 0 Å². The van der Waals surface area contributed by atoms with Gasteiger partial charge in [-0.3, -0.25) is 4.79 Å². The highest BCUT2D eigenvalue weighted by atomic mass is 16.5. The second-order valence-corrected chi connectivity index (χ2v) is 5.09. The molecule has 2 atom stereocenters. The molecule has 100 valence electrons. The average molecular weight is 253 g/mol. The summed E-state index contributed by atoms with van der Waals surface area (Å²) in [6.07, 6.45) is 0.160. The first-order chi connectivity index (χ1) is 8.47. The zero-order valence-electron chi connectivity index (χ0n) is 11.0. The summed E-state index contributed by atoms with van der Waals surface area (Å²) in [5, 5.41) is 13.5. The molecule has 18 heavy (non-hydrogen) atoms. The molecule has 6 heteroatoms. The molecule has 0 aliphatic carbocycles. The Bertz CT molecular complexity index is 430. The molecular formula is C12H19N3O3. The summed E-state index contributed by atoms with van der Waals surface area (Å²) in [6.45, 7) is 2.85. The van der Waals surface area contributed by atoms with E-state index in [2.05, 4.69) is 5.16 Å². The summed E-state index contributed by atoms with van der Waals surface area (Å²) in [5.41, 5.74) is 0.311. The van der Waals surface area contributed by atoms with E-state index in [0.29, 0.717) is 24.4 Å². The minimum absolute atomic E-state index is 0.0273. The lowest BCUT2D eigenvalue weighted by Crippen LogP contribution is -2.41. The monoisotopic (exact) mass is 253 g/mol. The highest BCUT2D eigenvalue weighted by Crippen LogP contribution is 2.21. The number of carbonyl (C=O) groups is 1. The molecule has 1 fully saturated rings. The van der Waals surface area contributed by atoms with Crippen LogP contribution < -0.4 is 0 Å². The van der Waals surface area contributed by atoms with Gasteiger partial charge in [0.25, 0.3) is 5.91 Å². The van der Waals surface area contributed by atoms with Gasteiger partial charge < -0.3 is 19.4 Å². The molecule has 1 amide bonds. The Morgan fingerprint density at radius 1 is 1.67 bits per heavy atom. The summed E-state index contributed by atoms with van der Waals surface area (Å²) in [4.78, 5) is 16.0. The molecular weight excluding hydrogens is 234 g/mol. The first-order valence-electron chi connectivity index (χ1n) is 6.04. The van der Waals surface area contributed by atoms with Crippen molar-refractivity contribution in [3.8, 4) is 0 Å². The maximum atomic E-state index is 12.3. The van der Waals surface area contributed by atoms with Gasteiger partial charge in [0.15, 0.2) is 5.69 Å². The Morgan fingerprint density at radius 3 is 2.94 bits per heavy atom.